The molecule has 0 radical (unpaired) electrons. The number of carboxylic acid groups (broad SMARTS) is 1. The molecule has 0 spiro atoms. The van der Waals surface area contributed by atoms with E-state index in [-0.39, 0.29) is 27.9 Å². The molecule has 1 aromatic carbocycles. The highest BCUT2D eigenvalue weighted by Gasteiger charge is 2.09. The van der Waals surface area contributed by atoms with E-state index in [1.165, 1.54) is 12.1 Å². The SMILES string of the molecule is Nc1cc(=O)[nH]c(SCc2cc(C(=O)O)ccc2F)n1. The second-order valence-electron chi connectivity index (χ2n) is 3.88. The van der Waals surface area contributed by atoms with Crippen LogP contribution >= 0.6 is 11.8 Å². The van der Waals surface area contributed by atoms with Crippen molar-refractivity contribution in [2.75, 3.05) is 5.73 Å². The van der Waals surface area contributed by atoms with Gasteiger partial charge >= 0.3 is 5.97 Å². The lowest BCUT2D eigenvalue weighted by Crippen LogP contribution is -2.09. The van der Waals surface area contributed by atoms with Crippen molar-refractivity contribution in [1.29, 1.82) is 0 Å². The van der Waals surface area contributed by atoms with Gasteiger partial charge in [0.25, 0.3) is 5.56 Å². The average Bonchev–Trinajstić information content (AvgIpc) is 2.36. The Morgan fingerprint density at radius 2 is 2.20 bits per heavy atom. The molecule has 0 fully saturated rings. The number of carboxylic acids is 1. The van der Waals surface area contributed by atoms with Gasteiger partial charge in [0.15, 0.2) is 5.16 Å². The normalized spacial score (nSPS) is 10.4. The number of aromatic amines is 1. The first kappa shape index (κ1) is 14.1. The third-order valence-electron chi connectivity index (χ3n) is 2.40. The number of hydrogen-bond acceptors (Lipinski definition) is 5. The van der Waals surface area contributed by atoms with E-state index in [9.17, 15) is 14.0 Å². The molecule has 0 unspecified atom stereocenters. The molecule has 0 amide bonds. The van der Waals surface area contributed by atoms with Gasteiger partial charge in [0.05, 0.1) is 5.56 Å². The summed E-state index contributed by atoms with van der Waals surface area (Å²) in [7, 11) is 0. The van der Waals surface area contributed by atoms with Crippen LogP contribution in [0.2, 0.25) is 0 Å². The van der Waals surface area contributed by atoms with E-state index in [0.29, 0.717) is 0 Å². The van der Waals surface area contributed by atoms with Crippen LogP contribution in [0.3, 0.4) is 0 Å². The number of aromatic carboxylic acids is 1. The van der Waals surface area contributed by atoms with Crippen LogP contribution in [0.25, 0.3) is 0 Å². The van der Waals surface area contributed by atoms with Crippen molar-refractivity contribution in [3.8, 4) is 0 Å². The van der Waals surface area contributed by atoms with Crippen molar-refractivity contribution >= 4 is 23.5 Å². The topological polar surface area (TPSA) is 109 Å². The van der Waals surface area contributed by atoms with E-state index in [0.717, 1.165) is 23.9 Å². The first-order valence-electron chi connectivity index (χ1n) is 5.47. The number of H-pyrrole nitrogens is 1. The maximum Gasteiger partial charge on any atom is 0.335 e. The zero-order valence-corrected chi connectivity index (χ0v) is 10.9. The Labute approximate surface area is 116 Å². The molecule has 2 aromatic rings. The number of carbonyl (C=O) groups is 1. The summed E-state index contributed by atoms with van der Waals surface area (Å²) >= 11 is 1.06. The fourth-order valence-corrected chi connectivity index (χ4v) is 2.34. The van der Waals surface area contributed by atoms with Crippen LogP contribution < -0.4 is 11.3 Å². The van der Waals surface area contributed by atoms with Gasteiger partial charge in [-0.2, -0.15) is 0 Å². The van der Waals surface area contributed by atoms with Crippen molar-refractivity contribution in [3.63, 3.8) is 0 Å². The summed E-state index contributed by atoms with van der Waals surface area (Å²) in [5, 5.41) is 9.10. The Morgan fingerprint density at radius 3 is 2.85 bits per heavy atom. The minimum absolute atomic E-state index is 0.00368. The number of nitrogens with two attached hydrogens (primary N) is 1. The molecule has 4 N–H and O–H groups in total. The maximum absolute atomic E-state index is 13.6. The number of thioether (sulfide) groups is 1. The molecule has 104 valence electrons. The molecular weight excluding hydrogens is 285 g/mol. The molecule has 8 heteroatoms. The molecule has 20 heavy (non-hydrogen) atoms. The number of rotatable bonds is 4. The average molecular weight is 295 g/mol. The monoisotopic (exact) mass is 295 g/mol. The van der Waals surface area contributed by atoms with E-state index in [4.69, 9.17) is 10.8 Å². The van der Waals surface area contributed by atoms with Gasteiger partial charge in [0, 0.05) is 11.8 Å². The predicted molar refractivity (Wildman–Crippen MR) is 72.2 cm³/mol. The third-order valence-corrected chi connectivity index (χ3v) is 3.32. The van der Waals surface area contributed by atoms with Crippen molar-refractivity contribution in [1.82, 2.24) is 9.97 Å². The predicted octanol–water partition coefficient (Wildman–Crippen LogP) is 1.48. The van der Waals surface area contributed by atoms with Crippen LogP contribution in [0, 0.1) is 5.82 Å². The molecule has 0 aliphatic rings. The zero-order valence-electron chi connectivity index (χ0n) is 10.1. The fraction of sp³-hybridized carbons (Fsp3) is 0.0833. The van der Waals surface area contributed by atoms with Crippen LogP contribution in [0.4, 0.5) is 10.2 Å². The van der Waals surface area contributed by atoms with E-state index >= 15 is 0 Å². The highest BCUT2D eigenvalue weighted by molar-refractivity contribution is 7.98. The lowest BCUT2D eigenvalue weighted by molar-refractivity contribution is 0.0696. The number of nitrogens with one attached hydrogen (secondary N) is 1. The smallest absolute Gasteiger partial charge is 0.335 e. The summed E-state index contributed by atoms with van der Waals surface area (Å²) in [5.41, 5.74) is 5.23. The minimum atomic E-state index is -1.13. The van der Waals surface area contributed by atoms with Crippen LogP contribution in [0.15, 0.2) is 34.2 Å². The third kappa shape index (κ3) is 3.35. The Balaban J connectivity index is 2.20. The Kier molecular flexibility index (Phi) is 4.04. The summed E-state index contributed by atoms with van der Waals surface area (Å²) in [4.78, 5) is 28.3. The first-order chi connectivity index (χ1) is 9.45. The summed E-state index contributed by atoms with van der Waals surface area (Å²) in [5.74, 6) is -1.46. The Morgan fingerprint density at radius 1 is 1.45 bits per heavy atom. The molecule has 0 aliphatic heterocycles. The summed E-state index contributed by atoms with van der Waals surface area (Å²) in [6.45, 7) is 0. The molecule has 0 aliphatic carbocycles. The number of benzene rings is 1. The van der Waals surface area contributed by atoms with Gasteiger partial charge in [-0.15, -0.1) is 0 Å². The minimum Gasteiger partial charge on any atom is -0.478 e. The Hall–Kier alpha value is -2.35. The van der Waals surface area contributed by atoms with Crippen LogP contribution in [0.1, 0.15) is 15.9 Å². The second-order valence-corrected chi connectivity index (χ2v) is 4.84. The highest BCUT2D eigenvalue weighted by atomic mass is 32.2. The number of anilines is 1. The maximum atomic E-state index is 13.6. The van der Waals surface area contributed by atoms with E-state index < -0.39 is 17.3 Å². The largest absolute Gasteiger partial charge is 0.478 e. The van der Waals surface area contributed by atoms with E-state index in [2.05, 4.69) is 9.97 Å². The second kappa shape index (κ2) is 5.74. The summed E-state index contributed by atoms with van der Waals surface area (Å²) < 4.78 is 13.6. The van der Waals surface area contributed by atoms with E-state index in [1.54, 1.807) is 0 Å². The molecule has 1 aromatic heterocycles. The van der Waals surface area contributed by atoms with Crippen molar-refractivity contribution in [3.05, 3.63) is 51.6 Å². The fourth-order valence-electron chi connectivity index (χ4n) is 1.49. The highest BCUT2D eigenvalue weighted by Crippen LogP contribution is 2.21. The van der Waals surface area contributed by atoms with Gasteiger partial charge in [0.1, 0.15) is 11.6 Å². The molecule has 1 heterocycles. The standard InChI is InChI=1S/C12H10FN3O3S/c13-8-2-1-6(11(18)19)3-7(8)5-20-12-15-9(14)4-10(17)16-12/h1-4H,5H2,(H,18,19)(H3,14,15,16,17). The Bertz CT molecular complexity index is 717. The number of nitrogens with zero attached hydrogens (tertiary/aromatic N) is 1. The molecule has 0 saturated heterocycles. The van der Waals surface area contributed by atoms with Crippen LogP contribution in [-0.4, -0.2) is 21.0 Å². The van der Waals surface area contributed by atoms with Crippen LogP contribution in [-0.2, 0) is 5.75 Å². The van der Waals surface area contributed by atoms with Crippen molar-refractivity contribution in [2.45, 2.75) is 10.9 Å². The summed E-state index contributed by atoms with van der Waals surface area (Å²) in [6, 6.07) is 4.66. The van der Waals surface area contributed by atoms with Gasteiger partial charge in [-0.1, -0.05) is 11.8 Å². The van der Waals surface area contributed by atoms with Gasteiger partial charge in [-0.3, -0.25) is 4.79 Å². The van der Waals surface area contributed by atoms with E-state index in [1.807, 2.05) is 0 Å². The lowest BCUT2D eigenvalue weighted by atomic mass is 10.1. The lowest BCUT2D eigenvalue weighted by Gasteiger charge is -2.04. The molecule has 2 rings (SSSR count). The molecule has 6 nitrogen and oxygen atoms in total. The summed E-state index contributed by atoms with van der Waals surface area (Å²) in [6.07, 6.45) is 0. The van der Waals surface area contributed by atoms with Crippen LogP contribution in [0.5, 0.6) is 0 Å². The van der Waals surface area contributed by atoms with Gasteiger partial charge in [0.2, 0.25) is 0 Å². The van der Waals surface area contributed by atoms with Gasteiger partial charge in [-0.25, -0.2) is 14.2 Å². The molecule has 0 atom stereocenters. The number of aromatic nitrogens is 2. The quantitative estimate of drug-likeness (QED) is 0.582. The number of halogens is 1. The van der Waals surface area contributed by atoms with Gasteiger partial charge in [-0.05, 0) is 23.8 Å². The zero-order chi connectivity index (χ0) is 14.7. The molecular formula is C12H10FN3O3S. The first-order valence-corrected chi connectivity index (χ1v) is 6.45. The van der Waals surface area contributed by atoms with Gasteiger partial charge < -0.3 is 15.8 Å². The van der Waals surface area contributed by atoms with Crippen molar-refractivity contribution in [2.24, 2.45) is 0 Å². The molecule has 0 saturated carbocycles. The number of hydrogen-bond donors (Lipinski definition) is 3. The van der Waals surface area contributed by atoms with Crippen molar-refractivity contribution < 1.29 is 14.3 Å². The molecule has 0 bridgehead atoms. The number of nitrogen functional groups attached to an aromatic ring is 1.